The van der Waals surface area contributed by atoms with Gasteiger partial charge in [-0.2, -0.15) is 0 Å². The van der Waals surface area contributed by atoms with E-state index in [0.717, 1.165) is 0 Å². The van der Waals surface area contributed by atoms with Gasteiger partial charge in [-0.15, -0.1) is 0 Å². The molecule has 186 valence electrons. The molecule has 2 heterocycles. The normalized spacial score (nSPS) is 54.8. The van der Waals surface area contributed by atoms with E-state index in [4.69, 9.17) is 18.9 Å². The number of hydrogen-bond donors (Lipinski definition) is 7. The van der Waals surface area contributed by atoms with Gasteiger partial charge in [0.05, 0.1) is 49.3 Å². The van der Waals surface area contributed by atoms with Crippen molar-refractivity contribution in [3.8, 4) is 0 Å². The summed E-state index contributed by atoms with van der Waals surface area (Å²) in [4.78, 5) is 0. The van der Waals surface area contributed by atoms with Crippen molar-refractivity contribution >= 4 is 0 Å². The van der Waals surface area contributed by atoms with Crippen molar-refractivity contribution in [3.63, 3.8) is 0 Å². The summed E-state index contributed by atoms with van der Waals surface area (Å²) in [5.74, 6) is -0.565. The first-order valence-electron chi connectivity index (χ1n) is 11.4. The minimum atomic E-state index is -1.47. The van der Waals surface area contributed by atoms with Crippen molar-refractivity contribution < 1.29 is 54.7 Å². The van der Waals surface area contributed by atoms with Crippen molar-refractivity contribution in [2.45, 2.75) is 106 Å². The molecular weight excluding hydrogens is 428 g/mol. The molecule has 0 aromatic carbocycles. The van der Waals surface area contributed by atoms with E-state index in [1.54, 1.807) is 0 Å². The van der Waals surface area contributed by atoms with Gasteiger partial charge in [0.15, 0.2) is 6.29 Å². The fraction of sp³-hybridized carbons (Fsp3) is 1.00. The Kier molecular flexibility index (Phi) is 7.75. The number of hydrogen-bond acceptors (Lipinski definition) is 11. The molecule has 4 fully saturated rings. The minimum absolute atomic E-state index is 0.206. The van der Waals surface area contributed by atoms with Gasteiger partial charge < -0.3 is 54.7 Å². The standard InChI is InChI=1S/C21H36O11/c1-29-15-3-8(2-12(24)17(15)26)20-16(32-21-19(28)18(27)13(25)7-30-21)6-10-11(23)4-9(22)5-14(10)31-20/h8-28H,2-7H2,1H3/t8?,9?,10?,11?,12?,13-,14?,15?,16?,17?,18-,19+,20?,21-/m0/s1. The lowest BCUT2D eigenvalue weighted by Crippen LogP contribution is -2.60. The number of aliphatic hydroxyl groups excluding tert-OH is 7. The molecule has 7 N–H and O–H groups in total. The van der Waals surface area contributed by atoms with Crippen LogP contribution in [0.15, 0.2) is 0 Å². The van der Waals surface area contributed by atoms with Crippen molar-refractivity contribution in [1.29, 1.82) is 0 Å². The summed E-state index contributed by atoms with van der Waals surface area (Å²) in [5, 5.41) is 71.3. The summed E-state index contributed by atoms with van der Waals surface area (Å²) < 4.78 is 23.2. The van der Waals surface area contributed by atoms with E-state index >= 15 is 0 Å². The maximum atomic E-state index is 10.5. The quantitative estimate of drug-likeness (QED) is 0.229. The highest BCUT2D eigenvalue weighted by Gasteiger charge is 2.51. The second-order valence-electron chi connectivity index (χ2n) is 9.72. The van der Waals surface area contributed by atoms with Gasteiger partial charge in [-0.05, 0) is 38.0 Å². The lowest BCUT2D eigenvalue weighted by atomic mass is 9.72. The second-order valence-corrected chi connectivity index (χ2v) is 9.72. The zero-order valence-corrected chi connectivity index (χ0v) is 18.1. The number of rotatable bonds is 4. The highest BCUT2D eigenvalue weighted by Crippen LogP contribution is 2.43. The molecule has 32 heavy (non-hydrogen) atoms. The van der Waals surface area contributed by atoms with Gasteiger partial charge in [-0.1, -0.05) is 0 Å². The minimum Gasteiger partial charge on any atom is -0.393 e. The van der Waals surface area contributed by atoms with Gasteiger partial charge in [0, 0.05) is 13.0 Å². The maximum Gasteiger partial charge on any atom is 0.186 e. The first-order chi connectivity index (χ1) is 15.2. The summed E-state index contributed by atoms with van der Waals surface area (Å²) in [6.45, 7) is -0.206. The molecule has 0 bridgehead atoms. The van der Waals surface area contributed by atoms with Crippen molar-refractivity contribution in [1.82, 2.24) is 0 Å². The SMILES string of the molecule is COC1CC(C2OC3CC(O)CC(O)C3CC2O[C@@H]2OC[C@H](O)[C@H](O)[C@H]2O)CC(O)C1O. The van der Waals surface area contributed by atoms with Crippen molar-refractivity contribution in [3.05, 3.63) is 0 Å². The Morgan fingerprint density at radius 2 is 1.47 bits per heavy atom. The van der Waals surface area contributed by atoms with E-state index in [0.29, 0.717) is 19.3 Å². The highest BCUT2D eigenvalue weighted by atomic mass is 16.7. The number of fused-ring (bicyclic) bond motifs is 1. The summed E-state index contributed by atoms with van der Waals surface area (Å²) in [6.07, 6.45) is -9.50. The Morgan fingerprint density at radius 3 is 2.19 bits per heavy atom. The highest BCUT2D eigenvalue weighted by molar-refractivity contribution is 5.00. The summed E-state index contributed by atoms with van der Waals surface area (Å²) in [5.41, 5.74) is 0. The van der Waals surface area contributed by atoms with E-state index < -0.39 is 73.4 Å². The fourth-order valence-corrected chi connectivity index (χ4v) is 5.75. The van der Waals surface area contributed by atoms with E-state index in [2.05, 4.69) is 0 Å². The molecule has 10 unspecified atom stereocenters. The Morgan fingerprint density at radius 1 is 0.719 bits per heavy atom. The summed E-state index contributed by atoms with van der Waals surface area (Å²) in [6, 6.07) is 0. The monoisotopic (exact) mass is 464 g/mol. The molecule has 2 saturated heterocycles. The Hall–Kier alpha value is -0.440. The molecular formula is C21H36O11. The first kappa shape index (κ1) is 24.7. The lowest BCUT2D eigenvalue weighted by molar-refractivity contribution is -0.314. The van der Waals surface area contributed by atoms with Crippen LogP contribution in [0.1, 0.15) is 32.1 Å². The largest absolute Gasteiger partial charge is 0.393 e. The number of ether oxygens (including phenoxy) is 4. The van der Waals surface area contributed by atoms with Crippen molar-refractivity contribution in [2.75, 3.05) is 13.7 Å². The molecule has 0 amide bonds. The van der Waals surface area contributed by atoms with Crippen molar-refractivity contribution in [2.24, 2.45) is 11.8 Å². The predicted octanol–water partition coefficient (Wildman–Crippen LogP) is -2.75. The average molecular weight is 465 g/mol. The average Bonchev–Trinajstić information content (AvgIpc) is 2.75. The van der Waals surface area contributed by atoms with Gasteiger partial charge in [0.25, 0.3) is 0 Å². The molecule has 4 rings (SSSR count). The Bertz CT molecular complexity index is 623. The van der Waals surface area contributed by atoms with Gasteiger partial charge in [-0.3, -0.25) is 0 Å². The number of methoxy groups -OCH3 is 1. The zero-order valence-electron chi connectivity index (χ0n) is 18.1. The third-order valence-electron chi connectivity index (χ3n) is 7.58. The molecule has 11 nitrogen and oxygen atoms in total. The molecule has 11 heteroatoms. The molecule has 14 atom stereocenters. The second kappa shape index (κ2) is 10.0. The fourth-order valence-electron chi connectivity index (χ4n) is 5.75. The zero-order chi connectivity index (χ0) is 23.2. The van der Waals surface area contributed by atoms with Crippen LogP contribution in [0.3, 0.4) is 0 Å². The molecule has 2 saturated carbocycles. The number of aliphatic hydroxyl groups is 7. The molecule has 2 aliphatic heterocycles. The van der Waals surface area contributed by atoms with Crippen LogP contribution in [0.2, 0.25) is 0 Å². The van der Waals surface area contributed by atoms with Crippen LogP contribution in [0.5, 0.6) is 0 Å². The van der Waals surface area contributed by atoms with Gasteiger partial charge in [0.1, 0.15) is 24.4 Å². The Labute approximate surface area is 186 Å². The third-order valence-corrected chi connectivity index (χ3v) is 7.58. The van der Waals surface area contributed by atoms with Crippen LogP contribution >= 0.6 is 0 Å². The van der Waals surface area contributed by atoms with Gasteiger partial charge in [0.2, 0.25) is 0 Å². The molecule has 0 spiro atoms. The van der Waals surface area contributed by atoms with Crippen LogP contribution < -0.4 is 0 Å². The third kappa shape index (κ3) is 4.84. The smallest absolute Gasteiger partial charge is 0.186 e. The van der Waals surface area contributed by atoms with E-state index in [-0.39, 0.29) is 31.3 Å². The summed E-state index contributed by atoms with van der Waals surface area (Å²) >= 11 is 0. The van der Waals surface area contributed by atoms with Crippen LogP contribution in [-0.4, -0.2) is 123 Å². The molecule has 0 aromatic heterocycles. The Balaban J connectivity index is 1.55. The molecule has 4 aliphatic rings. The van der Waals surface area contributed by atoms with Gasteiger partial charge in [-0.25, -0.2) is 0 Å². The van der Waals surface area contributed by atoms with Crippen LogP contribution in [-0.2, 0) is 18.9 Å². The van der Waals surface area contributed by atoms with Crippen LogP contribution in [0.25, 0.3) is 0 Å². The molecule has 2 aliphatic carbocycles. The topological polar surface area (TPSA) is 179 Å². The summed E-state index contributed by atoms with van der Waals surface area (Å²) in [7, 11) is 1.46. The van der Waals surface area contributed by atoms with Crippen LogP contribution in [0, 0.1) is 11.8 Å². The van der Waals surface area contributed by atoms with E-state index in [1.807, 2.05) is 0 Å². The molecule has 0 aromatic rings. The first-order valence-corrected chi connectivity index (χ1v) is 11.4. The van der Waals surface area contributed by atoms with E-state index in [9.17, 15) is 35.7 Å². The van der Waals surface area contributed by atoms with Crippen LogP contribution in [0.4, 0.5) is 0 Å². The predicted molar refractivity (Wildman–Crippen MR) is 106 cm³/mol. The molecule has 0 radical (unpaired) electrons. The van der Waals surface area contributed by atoms with Gasteiger partial charge >= 0.3 is 0 Å². The maximum absolute atomic E-state index is 10.5. The van der Waals surface area contributed by atoms with E-state index in [1.165, 1.54) is 7.11 Å². The lowest BCUT2D eigenvalue weighted by Gasteiger charge is -2.51.